The normalized spacial score (nSPS) is 28.1. The van der Waals surface area contributed by atoms with Crippen molar-refractivity contribution in [1.29, 1.82) is 0 Å². The van der Waals surface area contributed by atoms with Crippen LogP contribution in [-0.4, -0.2) is 56.1 Å². The first-order valence-corrected chi connectivity index (χ1v) is 10.1. The maximum atomic E-state index is 6.26. The first-order chi connectivity index (χ1) is 11.7. The first-order valence-electron chi connectivity index (χ1n) is 9.32. The predicted octanol–water partition coefficient (Wildman–Crippen LogP) is 3.23. The van der Waals surface area contributed by atoms with E-state index < -0.39 is 0 Å². The molecule has 1 atom stereocenters. The Labute approximate surface area is 149 Å². The maximum absolute atomic E-state index is 6.26. The second kappa shape index (κ2) is 7.42. The van der Waals surface area contributed by atoms with Gasteiger partial charge in [-0.15, -0.1) is 11.3 Å². The minimum atomic E-state index is 0.0604. The van der Waals surface area contributed by atoms with Crippen LogP contribution >= 0.6 is 11.3 Å². The average Bonchev–Trinajstić information content (AvgIpc) is 2.98. The summed E-state index contributed by atoms with van der Waals surface area (Å²) >= 11 is 1.91. The Kier molecular flexibility index (Phi) is 5.25. The van der Waals surface area contributed by atoms with Gasteiger partial charge in [0.25, 0.3) is 0 Å². The highest BCUT2D eigenvalue weighted by atomic mass is 32.1. The number of thiophene rings is 1. The van der Waals surface area contributed by atoms with Crippen molar-refractivity contribution in [2.45, 2.75) is 50.9 Å². The van der Waals surface area contributed by atoms with Crippen LogP contribution in [0.1, 0.15) is 35.4 Å². The summed E-state index contributed by atoms with van der Waals surface area (Å²) in [5.41, 5.74) is 0.0604. The van der Waals surface area contributed by atoms with E-state index in [0.717, 1.165) is 71.7 Å². The lowest BCUT2D eigenvalue weighted by atomic mass is 9.84. The molecule has 1 aromatic heterocycles. The Hall–Kier alpha value is -0.460. The number of aryl methyl sites for hydroxylation is 1. The lowest BCUT2D eigenvalue weighted by Crippen LogP contribution is -2.65. The number of likely N-dealkylation sites (tertiary alicyclic amines) is 1. The summed E-state index contributed by atoms with van der Waals surface area (Å²) in [6, 6.07) is 4.47. The molecule has 0 radical (unpaired) electrons. The summed E-state index contributed by atoms with van der Waals surface area (Å²) < 4.78 is 17.8. The molecule has 0 N–H and O–H groups in total. The monoisotopic (exact) mass is 351 g/mol. The van der Waals surface area contributed by atoms with Gasteiger partial charge in [-0.25, -0.2) is 0 Å². The van der Waals surface area contributed by atoms with Gasteiger partial charge in [0.15, 0.2) is 0 Å². The molecule has 1 spiro atoms. The van der Waals surface area contributed by atoms with E-state index in [1.807, 2.05) is 11.3 Å². The van der Waals surface area contributed by atoms with Crippen LogP contribution in [0.2, 0.25) is 0 Å². The Balaban J connectivity index is 1.22. The van der Waals surface area contributed by atoms with Crippen LogP contribution < -0.4 is 0 Å². The Morgan fingerprint density at radius 3 is 2.79 bits per heavy atom. The molecule has 1 aromatic rings. The Morgan fingerprint density at radius 1 is 1.21 bits per heavy atom. The quantitative estimate of drug-likeness (QED) is 0.815. The number of hydrogen-bond acceptors (Lipinski definition) is 5. The molecule has 0 aliphatic carbocycles. The topological polar surface area (TPSA) is 30.9 Å². The van der Waals surface area contributed by atoms with E-state index >= 15 is 0 Å². The zero-order chi connectivity index (χ0) is 16.4. The van der Waals surface area contributed by atoms with Gasteiger partial charge in [-0.2, -0.15) is 0 Å². The van der Waals surface area contributed by atoms with Crippen LogP contribution in [-0.2, 0) is 20.8 Å². The molecule has 5 heteroatoms. The highest BCUT2D eigenvalue weighted by Gasteiger charge is 2.47. The van der Waals surface area contributed by atoms with Gasteiger partial charge in [-0.1, -0.05) is 0 Å². The lowest BCUT2D eigenvalue weighted by molar-refractivity contribution is -0.201. The van der Waals surface area contributed by atoms with E-state index in [1.165, 1.54) is 9.75 Å². The average molecular weight is 352 g/mol. The predicted molar refractivity (Wildman–Crippen MR) is 95.5 cm³/mol. The van der Waals surface area contributed by atoms with Gasteiger partial charge in [0.2, 0.25) is 0 Å². The second-order valence-electron chi connectivity index (χ2n) is 7.69. The van der Waals surface area contributed by atoms with Crippen LogP contribution in [0.4, 0.5) is 0 Å². The molecule has 3 saturated heterocycles. The number of hydrogen-bond donors (Lipinski definition) is 0. The van der Waals surface area contributed by atoms with Crippen molar-refractivity contribution in [2.75, 3.05) is 39.5 Å². The molecule has 0 amide bonds. The summed E-state index contributed by atoms with van der Waals surface area (Å²) in [6.07, 6.45) is 4.81. The second-order valence-corrected chi connectivity index (χ2v) is 9.07. The van der Waals surface area contributed by atoms with Crippen LogP contribution in [0.15, 0.2) is 12.1 Å². The van der Waals surface area contributed by atoms with Gasteiger partial charge in [0, 0.05) is 62.2 Å². The standard InChI is InChI=1S/C19H29NO3S/c1-15-2-3-18(24-15)11-20-13-19(14-20)10-17(6-9-23-19)22-12-16-4-7-21-8-5-16/h2-3,16-17H,4-14H2,1H3. The molecule has 4 heterocycles. The zero-order valence-electron chi connectivity index (χ0n) is 14.7. The molecule has 134 valence electrons. The molecule has 0 bridgehead atoms. The van der Waals surface area contributed by atoms with Crippen molar-refractivity contribution < 1.29 is 14.2 Å². The molecular formula is C19H29NO3S. The molecular weight excluding hydrogens is 322 g/mol. The molecule has 4 nitrogen and oxygen atoms in total. The SMILES string of the molecule is Cc1ccc(CN2CC3(CC(OCC4CCOCC4)CCO3)C2)s1. The third kappa shape index (κ3) is 4.02. The Morgan fingerprint density at radius 2 is 2.04 bits per heavy atom. The molecule has 24 heavy (non-hydrogen) atoms. The third-order valence-electron chi connectivity index (χ3n) is 5.56. The van der Waals surface area contributed by atoms with Gasteiger partial charge in [0.1, 0.15) is 0 Å². The van der Waals surface area contributed by atoms with E-state index in [0.29, 0.717) is 12.0 Å². The van der Waals surface area contributed by atoms with E-state index in [-0.39, 0.29) is 5.60 Å². The van der Waals surface area contributed by atoms with E-state index in [1.54, 1.807) is 0 Å². The molecule has 3 aliphatic heterocycles. The van der Waals surface area contributed by atoms with E-state index in [9.17, 15) is 0 Å². The van der Waals surface area contributed by atoms with Gasteiger partial charge < -0.3 is 14.2 Å². The first kappa shape index (κ1) is 17.0. The highest BCUT2D eigenvalue weighted by Crippen LogP contribution is 2.37. The summed E-state index contributed by atoms with van der Waals surface area (Å²) in [5.74, 6) is 0.692. The summed E-state index contributed by atoms with van der Waals surface area (Å²) in [7, 11) is 0. The largest absolute Gasteiger partial charge is 0.381 e. The molecule has 0 saturated carbocycles. The van der Waals surface area contributed by atoms with E-state index in [2.05, 4.69) is 24.0 Å². The lowest BCUT2D eigenvalue weighted by Gasteiger charge is -2.53. The fourth-order valence-corrected chi connectivity index (χ4v) is 5.13. The van der Waals surface area contributed by atoms with Crippen molar-refractivity contribution >= 4 is 11.3 Å². The zero-order valence-corrected chi connectivity index (χ0v) is 15.5. The molecule has 1 unspecified atom stereocenters. The fourth-order valence-electron chi connectivity index (χ4n) is 4.20. The molecule has 0 aromatic carbocycles. The molecule has 3 aliphatic rings. The number of nitrogens with zero attached hydrogens (tertiary/aromatic N) is 1. The summed E-state index contributed by atoms with van der Waals surface area (Å²) in [6.45, 7) is 8.92. The minimum absolute atomic E-state index is 0.0604. The van der Waals surface area contributed by atoms with E-state index in [4.69, 9.17) is 14.2 Å². The smallest absolute Gasteiger partial charge is 0.0959 e. The summed E-state index contributed by atoms with van der Waals surface area (Å²) in [5, 5.41) is 0. The van der Waals surface area contributed by atoms with Gasteiger partial charge in [-0.05, 0) is 44.2 Å². The Bertz CT molecular complexity index is 534. The minimum Gasteiger partial charge on any atom is -0.381 e. The molecule has 3 fully saturated rings. The molecule has 4 rings (SSSR count). The van der Waals surface area contributed by atoms with Crippen molar-refractivity contribution in [3.63, 3.8) is 0 Å². The van der Waals surface area contributed by atoms with Crippen LogP contribution in [0.25, 0.3) is 0 Å². The fraction of sp³-hybridized carbons (Fsp3) is 0.789. The van der Waals surface area contributed by atoms with Gasteiger partial charge in [0.05, 0.1) is 11.7 Å². The van der Waals surface area contributed by atoms with Crippen LogP contribution in [0.3, 0.4) is 0 Å². The third-order valence-corrected chi connectivity index (χ3v) is 6.54. The van der Waals surface area contributed by atoms with Crippen molar-refractivity contribution in [1.82, 2.24) is 4.90 Å². The van der Waals surface area contributed by atoms with Crippen LogP contribution in [0.5, 0.6) is 0 Å². The van der Waals surface area contributed by atoms with Crippen LogP contribution in [0, 0.1) is 12.8 Å². The highest BCUT2D eigenvalue weighted by molar-refractivity contribution is 7.11. The van der Waals surface area contributed by atoms with Crippen molar-refractivity contribution in [2.24, 2.45) is 5.92 Å². The van der Waals surface area contributed by atoms with Gasteiger partial charge >= 0.3 is 0 Å². The van der Waals surface area contributed by atoms with Crippen molar-refractivity contribution in [3.8, 4) is 0 Å². The number of rotatable bonds is 5. The maximum Gasteiger partial charge on any atom is 0.0959 e. The van der Waals surface area contributed by atoms with Gasteiger partial charge in [-0.3, -0.25) is 4.90 Å². The summed E-state index contributed by atoms with van der Waals surface area (Å²) in [4.78, 5) is 5.37. The van der Waals surface area contributed by atoms with Crippen molar-refractivity contribution in [3.05, 3.63) is 21.9 Å². The number of ether oxygens (including phenoxy) is 3.